The van der Waals surface area contributed by atoms with Crippen molar-refractivity contribution < 1.29 is 12.8 Å². The minimum atomic E-state index is -4.05. The second-order valence-corrected chi connectivity index (χ2v) is 8.92. The number of hydrogen-bond donors (Lipinski definition) is 1. The molecule has 134 valence electrons. The lowest BCUT2D eigenvalue weighted by atomic mass is 10.2. The number of rotatable bonds is 5. The van der Waals surface area contributed by atoms with Gasteiger partial charge in [0.25, 0.3) is 10.0 Å². The molecule has 0 aliphatic carbocycles. The number of sulfonamides is 1. The molecule has 0 aliphatic heterocycles. The predicted octanol–water partition coefficient (Wildman–Crippen LogP) is 3.98. The van der Waals surface area contributed by atoms with Gasteiger partial charge in [0, 0.05) is 5.92 Å². The number of anilines is 1. The molecule has 25 heavy (non-hydrogen) atoms. The minimum Gasteiger partial charge on any atom is -0.275 e. The minimum absolute atomic E-state index is 0.0381. The van der Waals surface area contributed by atoms with Gasteiger partial charge < -0.3 is 0 Å². The van der Waals surface area contributed by atoms with Crippen LogP contribution in [-0.4, -0.2) is 23.0 Å². The van der Waals surface area contributed by atoms with Crippen LogP contribution in [0.5, 0.6) is 0 Å². The van der Waals surface area contributed by atoms with Crippen molar-refractivity contribution in [1.82, 2.24) is 14.6 Å². The van der Waals surface area contributed by atoms with Crippen molar-refractivity contribution in [2.45, 2.75) is 44.6 Å². The Morgan fingerprint density at radius 3 is 2.44 bits per heavy atom. The second-order valence-electron chi connectivity index (χ2n) is 6.33. The van der Waals surface area contributed by atoms with E-state index in [0.717, 1.165) is 5.01 Å². The number of halogens is 1. The van der Waals surface area contributed by atoms with Crippen molar-refractivity contribution in [3.05, 3.63) is 40.8 Å². The number of benzene rings is 1. The maximum absolute atomic E-state index is 13.9. The van der Waals surface area contributed by atoms with Gasteiger partial charge in [0.1, 0.15) is 10.8 Å². The maximum atomic E-state index is 13.9. The smallest absolute Gasteiger partial charge is 0.275 e. The Morgan fingerprint density at radius 1 is 1.16 bits per heavy atom. The molecule has 0 amide bonds. The van der Waals surface area contributed by atoms with Gasteiger partial charge >= 0.3 is 0 Å². The molecule has 0 spiro atoms. The molecule has 0 saturated heterocycles. The van der Waals surface area contributed by atoms with Crippen molar-refractivity contribution in [1.29, 1.82) is 0 Å². The van der Waals surface area contributed by atoms with E-state index < -0.39 is 15.8 Å². The number of aromatic nitrogens is 3. The van der Waals surface area contributed by atoms with Crippen molar-refractivity contribution >= 4 is 32.0 Å². The van der Waals surface area contributed by atoms with E-state index in [1.54, 1.807) is 6.07 Å². The molecule has 0 saturated carbocycles. The molecule has 0 fully saturated rings. The zero-order valence-electron chi connectivity index (χ0n) is 14.3. The summed E-state index contributed by atoms with van der Waals surface area (Å²) in [5, 5.41) is 5.16. The van der Waals surface area contributed by atoms with Crippen molar-refractivity contribution in [3.63, 3.8) is 0 Å². The molecular weight excluding hydrogens is 363 g/mol. The first-order valence-corrected chi connectivity index (χ1v) is 10.2. The summed E-state index contributed by atoms with van der Waals surface area (Å²) in [6.07, 6.45) is 0. The normalized spacial score (nSPS) is 12.4. The third kappa shape index (κ3) is 3.25. The van der Waals surface area contributed by atoms with Crippen LogP contribution in [0.4, 0.5) is 10.1 Å². The van der Waals surface area contributed by atoms with Crippen LogP contribution in [0.15, 0.2) is 29.3 Å². The molecule has 3 aromatic rings. The summed E-state index contributed by atoms with van der Waals surface area (Å²) in [7, 11) is -4.05. The molecular formula is C16H19FN4O2S2. The Kier molecular flexibility index (Phi) is 4.54. The Hall–Kier alpha value is -2.00. The van der Waals surface area contributed by atoms with Crippen LogP contribution in [-0.2, 0) is 10.0 Å². The molecule has 2 heterocycles. The van der Waals surface area contributed by atoms with Gasteiger partial charge in [-0.1, -0.05) is 51.2 Å². The summed E-state index contributed by atoms with van der Waals surface area (Å²) in [6, 6.07) is 5.64. The van der Waals surface area contributed by atoms with Crippen molar-refractivity contribution in [2.75, 3.05) is 4.72 Å². The van der Waals surface area contributed by atoms with Gasteiger partial charge in [-0.05, 0) is 18.1 Å². The van der Waals surface area contributed by atoms with E-state index in [4.69, 9.17) is 0 Å². The molecule has 1 N–H and O–H groups in total. The van der Waals surface area contributed by atoms with E-state index in [1.807, 2.05) is 27.7 Å². The van der Waals surface area contributed by atoms with Gasteiger partial charge in [-0.2, -0.15) is 18.0 Å². The molecule has 0 unspecified atom stereocenters. The van der Waals surface area contributed by atoms with E-state index in [1.165, 1.54) is 34.1 Å². The van der Waals surface area contributed by atoms with Crippen LogP contribution in [0, 0.1) is 5.82 Å². The summed E-state index contributed by atoms with van der Waals surface area (Å²) >= 11 is 1.36. The number of hydrogen-bond acceptors (Lipinski definition) is 5. The van der Waals surface area contributed by atoms with Crippen LogP contribution in [0.2, 0.25) is 0 Å². The first-order chi connectivity index (χ1) is 11.7. The SMILES string of the molecule is CC(C)c1nn2c(S(=O)(=O)Nc3ccccc3F)c(C(C)C)nc2s1. The lowest BCUT2D eigenvalue weighted by Crippen LogP contribution is -2.18. The summed E-state index contributed by atoms with van der Waals surface area (Å²) in [5.41, 5.74) is 0.310. The van der Waals surface area contributed by atoms with Gasteiger partial charge in [-0.15, -0.1) is 0 Å². The second kappa shape index (κ2) is 6.38. The fraction of sp³-hybridized carbons (Fsp3) is 0.375. The number of fused-ring (bicyclic) bond motifs is 1. The largest absolute Gasteiger partial charge is 0.281 e. The van der Waals surface area contributed by atoms with E-state index in [9.17, 15) is 12.8 Å². The van der Waals surface area contributed by atoms with E-state index in [2.05, 4.69) is 14.8 Å². The molecule has 0 atom stereocenters. The van der Waals surface area contributed by atoms with E-state index in [0.29, 0.717) is 10.7 Å². The molecule has 9 heteroatoms. The highest BCUT2D eigenvalue weighted by atomic mass is 32.2. The first-order valence-electron chi connectivity index (χ1n) is 7.87. The Balaban J connectivity index is 2.17. The van der Waals surface area contributed by atoms with Gasteiger partial charge in [0.2, 0.25) is 9.99 Å². The van der Waals surface area contributed by atoms with Crippen LogP contribution in [0.1, 0.15) is 50.2 Å². The zero-order valence-corrected chi connectivity index (χ0v) is 15.9. The maximum Gasteiger partial charge on any atom is 0.281 e. The molecule has 6 nitrogen and oxygen atoms in total. The zero-order chi connectivity index (χ0) is 18.4. The number of nitrogens with one attached hydrogen (secondary N) is 1. The van der Waals surface area contributed by atoms with Gasteiger partial charge in [0.05, 0.1) is 11.4 Å². The van der Waals surface area contributed by atoms with Gasteiger partial charge in [-0.3, -0.25) is 4.72 Å². The third-order valence-electron chi connectivity index (χ3n) is 3.62. The number of para-hydroxylation sites is 1. The van der Waals surface area contributed by atoms with Crippen LogP contribution in [0.25, 0.3) is 4.96 Å². The Labute approximate surface area is 149 Å². The molecule has 1 aromatic carbocycles. The topological polar surface area (TPSA) is 76.4 Å². The average molecular weight is 382 g/mol. The van der Waals surface area contributed by atoms with E-state index in [-0.39, 0.29) is 22.5 Å². The highest BCUT2D eigenvalue weighted by Crippen LogP contribution is 2.31. The summed E-state index contributed by atoms with van der Waals surface area (Å²) < 4.78 is 43.5. The highest BCUT2D eigenvalue weighted by Gasteiger charge is 2.30. The standard InChI is InChI=1S/C16H19FN4O2S2/c1-9(2)13-15(21-16(18-13)24-14(19-21)10(3)4)25(22,23)20-12-8-6-5-7-11(12)17/h5-10,20H,1-4H3. The lowest BCUT2D eigenvalue weighted by Gasteiger charge is -2.10. The van der Waals surface area contributed by atoms with Gasteiger partial charge in [-0.25, -0.2) is 9.37 Å². The fourth-order valence-corrected chi connectivity index (χ4v) is 4.79. The molecule has 0 bridgehead atoms. The first kappa shape index (κ1) is 17.8. The summed E-state index contributed by atoms with van der Waals surface area (Å²) in [5.74, 6) is -0.605. The monoisotopic (exact) mass is 382 g/mol. The van der Waals surface area contributed by atoms with Gasteiger partial charge in [0.15, 0.2) is 0 Å². The number of imidazole rings is 1. The fourth-order valence-electron chi connectivity index (χ4n) is 2.36. The van der Waals surface area contributed by atoms with Crippen LogP contribution < -0.4 is 4.72 Å². The third-order valence-corrected chi connectivity index (χ3v) is 6.21. The Morgan fingerprint density at radius 2 is 1.84 bits per heavy atom. The predicted molar refractivity (Wildman–Crippen MR) is 96.3 cm³/mol. The lowest BCUT2D eigenvalue weighted by molar-refractivity contribution is 0.586. The van der Waals surface area contributed by atoms with Crippen molar-refractivity contribution in [2.24, 2.45) is 0 Å². The number of nitrogens with zero attached hydrogens (tertiary/aromatic N) is 3. The quantitative estimate of drug-likeness (QED) is 0.724. The van der Waals surface area contributed by atoms with Crippen LogP contribution in [0.3, 0.4) is 0 Å². The summed E-state index contributed by atoms with van der Waals surface area (Å²) in [4.78, 5) is 4.97. The molecule has 2 aromatic heterocycles. The van der Waals surface area contributed by atoms with Crippen molar-refractivity contribution in [3.8, 4) is 0 Å². The van der Waals surface area contributed by atoms with E-state index >= 15 is 0 Å². The molecule has 0 aliphatic rings. The summed E-state index contributed by atoms with van der Waals surface area (Å²) in [6.45, 7) is 7.68. The average Bonchev–Trinajstić information content (AvgIpc) is 3.06. The Bertz CT molecular complexity index is 1020. The van der Waals surface area contributed by atoms with Crippen LogP contribution >= 0.6 is 11.3 Å². The molecule has 0 radical (unpaired) electrons. The highest BCUT2D eigenvalue weighted by molar-refractivity contribution is 7.92. The molecule has 3 rings (SSSR count).